The van der Waals surface area contributed by atoms with Crippen LogP contribution in [0.1, 0.15) is 0 Å². The van der Waals surface area contributed by atoms with E-state index in [1.54, 1.807) is 35.3 Å². The van der Waals surface area contributed by atoms with Gasteiger partial charge in [0.05, 0.1) is 29.8 Å². The first kappa shape index (κ1) is 26.5. The van der Waals surface area contributed by atoms with Crippen LogP contribution in [0.2, 0.25) is 0 Å². The molecule has 0 aliphatic carbocycles. The summed E-state index contributed by atoms with van der Waals surface area (Å²) in [6.07, 6.45) is 3.19. The molecular weight excluding hydrogens is 557 g/mol. The fourth-order valence-electron chi connectivity index (χ4n) is 4.85. The summed E-state index contributed by atoms with van der Waals surface area (Å²) in [4.78, 5) is 21.6. The van der Waals surface area contributed by atoms with E-state index < -0.39 is 10.8 Å². The number of rotatable bonds is 9. The van der Waals surface area contributed by atoms with Crippen LogP contribution in [-0.2, 0) is 17.3 Å². The Labute approximate surface area is 235 Å². The van der Waals surface area contributed by atoms with Gasteiger partial charge in [0.25, 0.3) is 0 Å². The van der Waals surface area contributed by atoms with Crippen LogP contribution >= 0.6 is 11.3 Å². The molecule has 1 unspecified atom stereocenters. The van der Waals surface area contributed by atoms with Crippen LogP contribution < -0.4 is 20.2 Å². The second-order valence-electron chi connectivity index (χ2n) is 9.51. The molecule has 0 radical (unpaired) electrons. The maximum Gasteiger partial charge on any atom is 0.309 e. The van der Waals surface area contributed by atoms with Crippen LogP contribution in [0.5, 0.6) is 5.75 Å². The highest BCUT2D eigenvalue weighted by Gasteiger charge is 2.22. The quantitative estimate of drug-likeness (QED) is 0.278. The van der Waals surface area contributed by atoms with Crippen molar-refractivity contribution in [3.8, 4) is 17.2 Å². The minimum absolute atomic E-state index is 0.107. The smallest absolute Gasteiger partial charge is 0.309 e. The summed E-state index contributed by atoms with van der Waals surface area (Å²) in [5, 5.41) is 4.50. The summed E-state index contributed by atoms with van der Waals surface area (Å²) in [6.45, 7) is 4.16. The number of anilines is 2. The molecule has 5 aromatic rings. The van der Waals surface area contributed by atoms with Crippen molar-refractivity contribution in [1.29, 1.82) is 0 Å². The molecule has 4 aromatic heterocycles. The van der Waals surface area contributed by atoms with Crippen LogP contribution in [0, 0.1) is 5.82 Å². The van der Waals surface area contributed by atoms with Gasteiger partial charge in [-0.2, -0.15) is 14.6 Å². The van der Waals surface area contributed by atoms with Crippen molar-refractivity contribution in [3.63, 3.8) is 0 Å². The van der Waals surface area contributed by atoms with Gasteiger partial charge in [0, 0.05) is 62.4 Å². The number of halogens is 1. The van der Waals surface area contributed by atoms with Crippen LogP contribution in [0.4, 0.5) is 16.0 Å². The lowest BCUT2D eigenvalue weighted by atomic mass is 10.2. The van der Waals surface area contributed by atoms with Crippen molar-refractivity contribution in [2.45, 2.75) is 6.54 Å². The molecule has 1 fully saturated rings. The number of aromatic nitrogens is 4. The predicted octanol–water partition coefficient (Wildman–Crippen LogP) is 2.67. The lowest BCUT2D eigenvalue weighted by Gasteiger charge is -2.36. The molecule has 0 saturated carbocycles. The van der Waals surface area contributed by atoms with Gasteiger partial charge in [0.15, 0.2) is 11.4 Å². The van der Waals surface area contributed by atoms with Gasteiger partial charge in [0.2, 0.25) is 5.95 Å². The molecule has 14 heteroatoms. The SMILES string of the molecule is CS(=O)CCOc1ccc(N2CCN(CCn3c(=O)sc4c3nc(N)n3nc(-c5ccco5)cc43)CC2)c(F)c1. The van der Waals surface area contributed by atoms with Crippen LogP contribution in [0.15, 0.2) is 51.9 Å². The van der Waals surface area contributed by atoms with E-state index in [4.69, 9.17) is 14.9 Å². The van der Waals surface area contributed by atoms with E-state index in [9.17, 15) is 13.4 Å². The zero-order valence-corrected chi connectivity index (χ0v) is 23.4. The highest BCUT2D eigenvalue weighted by atomic mass is 32.2. The van der Waals surface area contributed by atoms with E-state index in [-0.39, 0.29) is 23.2 Å². The molecule has 0 spiro atoms. The lowest BCUT2D eigenvalue weighted by Crippen LogP contribution is -2.47. The minimum atomic E-state index is -0.954. The first-order valence-corrected chi connectivity index (χ1v) is 15.3. The number of furan rings is 1. The van der Waals surface area contributed by atoms with Crippen molar-refractivity contribution >= 4 is 49.6 Å². The Morgan fingerprint density at radius 1 is 1.18 bits per heavy atom. The number of piperazine rings is 1. The highest BCUT2D eigenvalue weighted by molar-refractivity contribution is 7.84. The molecule has 11 nitrogen and oxygen atoms in total. The van der Waals surface area contributed by atoms with Crippen molar-refractivity contribution in [2.24, 2.45) is 0 Å². The molecule has 1 aliphatic rings. The molecule has 210 valence electrons. The summed E-state index contributed by atoms with van der Waals surface area (Å²) in [5.74, 6) is 1.29. The summed E-state index contributed by atoms with van der Waals surface area (Å²) in [7, 11) is -0.954. The van der Waals surface area contributed by atoms with E-state index in [1.165, 1.54) is 10.6 Å². The van der Waals surface area contributed by atoms with E-state index in [1.807, 2.05) is 17.0 Å². The number of nitrogens with two attached hydrogens (primary N) is 1. The van der Waals surface area contributed by atoms with Crippen LogP contribution in [0.3, 0.4) is 0 Å². The second-order valence-corrected chi connectivity index (χ2v) is 12.0. The zero-order valence-electron chi connectivity index (χ0n) is 21.8. The normalized spacial score (nSPS) is 15.3. The second kappa shape index (κ2) is 11.0. The Morgan fingerprint density at radius 3 is 2.73 bits per heavy atom. The first-order chi connectivity index (χ1) is 19.4. The number of nitrogen functional groups attached to an aromatic ring is 1. The standard InChI is InChI=1S/C26H28FN7O4S2/c1-40(36)14-13-37-17-4-5-20(18(27)15-17)32-9-6-31(7-10-32)8-11-33-24-23(39-26(33)35)21-16-19(22-3-2-12-38-22)30-34(21)25(28)29-24/h2-5,12,15-16H,6-11,13-14H2,1H3,(H2,28,29). The van der Waals surface area contributed by atoms with Crippen molar-refractivity contribution in [3.05, 3.63) is 58.1 Å². The number of benzene rings is 1. The molecule has 2 N–H and O–H groups in total. The third kappa shape index (κ3) is 5.21. The average Bonchev–Trinajstić information content (AvgIpc) is 3.67. The summed E-state index contributed by atoms with van der Waals surface area (Å²) < 4.78 is 40.9. The molecule has 40 heavy (non-hydrogen) atoms. The Bertz CT molecular complexity index is 1740. The number of fused-ring (bicyclic) bond motifs is 3. The van der Waals surface area contributed by atoms with Crippen LogP contribution in [-0.4, -0.2) is 79.6 Å². The van der Waals surface area contributed by atoms with Gasteiger partial charge in [-0.3, -0.25) is 18.5 Å². The number of thiazole rings is 1. The molecule has 1 aliphatic heterocycles. The van der Waals surface area contributed by atoms with Gasteiger partial charge in [-0.1, -0.05) is 11.3 Å². The van der Waals surface area contributed by atoms with Gasteiger partial charge in [-0.25, -0.2) is 4.39 Å². The van der Waals surface area contributed by atoms with Crippen LogP contribution in [0.25, 0.3) is 27.3 Å². The number of hydrogen-bond donors (Lipinski definition) is 1. The highest BCUT2D eigenvalue weighted by Crippen LogP contribution is 2.29. The van der Waals surface area contributed by atoms with Crippen molar-refractivity contribution in [1.82, 2.24) is 24.1 Å². The van der Waals surface area contributed by atoms with E-state index >= 15 is 0 Å². The van der Waals surface area contributed by atoms with Gasteiger partial charge in [0.1, 0.15) is 22.0 Å². The predicted molar refractivity (Wildman–Crippen MR) is 154 cm³/mol. The zero-order chi connectivity index (χ0) is 27.8. The van der Waals surface area contributed by atoms with E-state index in [2.05, 4.69) is 15.0 Å². The van der Waals surface area contributed by atoms with Crippen molar-refractivity contribution < 1.29 is 17.8 Å². The Kier molecular flexibility index (Phi) is 7.29. The van der Waals surface area contributed by atoms with Crippen molar-refractivity contribution in [2.75, 3.05) is 62.0 Å². The summed E-state index contributed by atoms with van der Waals surface area (Å²) in [5.41, 5.74) is 8.61. The number of ether oxygens (including phenoxy) is 1. The molecular formula is C26H28FN7O4S2. The molecule has 1 atom stereocenters. The Balaban J connectivity index is 1.11. The summed E-state index contributed by atoms with van der Waals surface area (Å²) >= 11 is 1.12. The fourth-order valence-corrected chi connectivity index (χ4v) is 6.13. The maximum absolute atomic E-state index is 14.8. The molecule has 6 rings (SSSR count). The topological polar surface area (TPSA) is 124 Å². The van der Waals surface area contributed by atoms with Gasteiger partial charge >= 0.3 is 4.87 Å². The Morgan fingerprint density at radius 2 is 2.00 bits per heavy atom. The molecule has 0 bridgehead atoms. The first-order valence-electron chi connectivity index (χ1n) is 12.8. The van der Waals surface area contributed by atoms with Gasteiger partial charge < -0.3 is 19.8 Å². The monoisotopic (exact) mass is 585 g/mol. The maximum atomic E-state index is 14.8. The number of nitrogens with zero attached hydrogens (tertiary/aromatic N) is 6. The minimum Gasteiger partial charge on any atom is -0.493 e. The third-order valence-electron chi connectivity index (χ3n) is 6.93. The molecule has 1 aromatic carbocycles. The number of hydrogen-bond acceptors (Lipinski definition) is 10. The molecule has 0 amide bonds. The van der Waals surface area contributed by atoms with Gasteiger partial charge in [-0.15, -0.1) is 0 Å². The Hall–Kier alpha value is -3.75. The van der Waals surface area contributed by atoms with E-state index in [0.29, 0.717) is 66.0 Å². The lowest BCUT2D eigenvalue weighted by molar-refractivity contribution is 0.248. The largest absolute Gasteiger partial charge is 0.493 e. The fraction of sp³-hybridized carbons (Fsp3) is 0.346. The average molecular weight is 586 g/mol. The summed E-state index contributed by atoms with van der Waals surface area (Å²) in [6, 6.07) is 10.3. The molecule has 5 heterocycles. The van der Waals surface area contributed by atoms with E-state index in [0.717, 1.165) is 29.1 Å². The third-order valence-corrected chi connectivity index (χ3v) is 8.67. The molecule has 1 saturated heterocycles. The van der Waals surface area contributed by atoms with Gasteiger partial charge in [-0.05, 0) is 30.3 Å².